The van der Waals surface area contributed by atoms with Gasteiger partial charge in [-0.25, -0.2) is 4.98 Å². The molecule has 6 nitrogen and oxygen atoms in total. The van der Waals surface area contributed by atoms with Crippen LogP contribution in [0, 0.1) is 5.92 Å². The molecule has 29 heavy (non-hydrogen) atoms. The van der Waals surface area contributed by atoms with Crippen LogP contribution in [-0.4, -0.2) is 54.5 Å². The smallest absolute Gasteiger partial charge is 0.356 e. The minimum absolute atomic E-state index is 0.130. The molecule has 2 N–H and O–H groups in total. The lowest BCUT2D eigenvalue weighted by molar-refractivity contribution is -0.140. The quantitative estimate of drug-likeness (QED) is 0.555. The summed E-state index contributed by atoms with van der Waals surface area (Å²) in [6, 6.07) is 0.130. The molecular formula is C19H28F3N5OS. The molecule has 0 aromatic carbocycles. The molecule has 1 aromatic rings. The molecule has 10 heteroatoms. The second kappa shape index (κ2) is 9.77. The van der Waals surface area contributed by atoms with Gasteiger partial charge in [-0.3, -0.25) is 9.79 Å². The van der Waals surface area contributed by atoms with E-state index in [0.29, 0.717) is 30.5 Å². The van der Waals surface area contributed by atoms with Crippen molar-refractivity contribution in [1.82, 2.24) is 20.5 Å². The Morgan fingerprint density at radius 2 is 2.07 bits per heavy atom. The molecular weight excluding hydrogens is 403 g/mol. The van der Waals surface area contributed by atoms with Gasteiger partial charge in [-0.1, -0.05) is 19.3 Å². The third-order valence-electron chi connectivity index (χ3n) is 5.49. The zero-order valence-electron chi connectivity index (χ0n) is 16.6. The van der Waals surface area contributed by atoms with E-state index in [2.05, 4.69) is 20.6 Å². The van der Waals surface area contributed by atoms with Crippen LogP contribution in [0.15, 0.2) is 10.4 Å². The van der Waals surface area contributed by atoms with E-state index in [0.717, 1.165) is 55.4 Å². The van der Waals surface area contributed by atoms with Crippen molar-refractivity contribution in [2.75, 3.05) is 26.7 Å². The van der Waals surface area contributed by atoms with Crippen LogP contribution in [0.1, 0.15) is 49.2 Å². The van der Waals surface area contributed by atoms with Gasteiger partial charge in [-0.2, -0.15) is 13.2 Å². The van der Waals surface area contributed by atoms with Gasteiger partial charge in [0.1, 0.15) is 0 Å². The number of halogens is 3. The molecule has 1 aliphatic heterocycles. The molecule has 162 valence electrons. The van der Waals surface area contributed by atoms with Gasteiger partial charge in [-0.05, 0) is 19.3 Å². The summed E-state index contributed by atoms with van der Waals surface area (Å²) in [5.74, 6) is 1.05. The number of nitrogens with one attached hydrogen (secondary N) is 2. The first kappa shape index (κ1) is 21.9. The Bertz CT molecular complexity index is 715. The molecule has 1 saturated heterocycles. The third kappa shape index (κ3) is 6.07. The SMILES string of the molecule is CN=C(NCCc1nc(C(F)(F)F)cs1)NC1CCN(C(=O)C2CCCCC2)C1. The highest BCUT2D eigenvalue weighted by Gasteiger charge is 2.34. The number of carbonyl (C=O) groups excluding carboxylic acids is 1. The number of nitrogens with zero attached hydrogens (tertiary/aromatic N) is 3. The number of guanidine groups is 1. The third-order valence-corrected chi connectivity index (χ3v) is 6.40. The van der Waals surface area contributed by atoms with Crippen LogP contribution < -0.4 is 10.6 Å². The van der Waals surface area contributed by atoms with E-state index < -0.39 is 11.9 Å². The predicted molar refractivity (Wildman–Crippen MR) is 107 cm³/mol. The standard InChI is InChI=1S/C19H28F3N5OS/c1-23-18(24-9-7-16-26-15(12-29-16)19(20,21)22)25-14-8-10-27(11-14)17(28)13-5-3-2-4-6-13/h12-14H,2-11H2,1H3,(H2,23,24,25). The molecule has 1 saturated carbocycles. The van der Waals surface area contributed by atoms with Gasteiger partial charge in [0.05, 0.1) is 5.01 Å². The Labute approximate surface area is 173 Å². The van der Waals surface area contributed by atoms with E-state index in [-0.39, 0.29) is 17.9 Å². The average Bonchev–Trinajstić information content (AvgIpc) is 3.37. The first-order valence-corrected chi connectivity index (χ1v) is 11.0. The summed E-state index contributed by atoms with van der Waals surface area (Å²) in [4.78, 5) is 22.4. The number of amides is 1. The minimum Gasteiger partial charge on any atom is -0.356 e. The lowest BCUT2D eigenvalue weighted by Crippen LogP contribution is -2.46. The van der Waals surface area contributed by atoms with E-state index in [1.54, 1.807) is 7.05 Å². The summed E-state index contributed by atoms with van der Waals surface area (Å²) in [6.07, 6.45) is 2.38. The first-order valence-electron chi connectivity index (χ1n) is 10.1. The van der Waals surface area contributed by atoms with Crippen LogP contribution in [0.4, 0.5) is 13.2 Å². The zero-order valence-corrected chi connectivity index (χ0v) is 17.4. The van der Waals surface area contributed by atoms with Gasteiger partial charge in [-0.15, -0.1) is 11.3 Å². The van der Waals surface area contributed by atoms with Crippen molar-refractivity contribution in [1.29, 1.82) is 0 Å². The summed E-state index contributed by atoms with van der Waals surface area (Å²) in [7, 11) is 1.65. The number of aromatic nitrogens is 1. The van der Waals surface area contributed by atoms with E-state index in [9.17, 15) is 18.0 Å². The highest BCUT2D eigenvalue weighted by Crippen LogP contribution is 2.30. The Balaban J connectivity index is 1.41. The van der Waals surface area contributed by atoms with Gasteiger partial charge in [0, 0.05) is 50.4 Å². The van der Waals surface area contributed by atoms with E-state index >= 15 is 0 Å². The molecule has 0 radical (unpaired) electrons. The van der Waals surface area contributed by atoms with Crippen LogP contribution in [0.2, 0.25) is 0 Å². The number of hydrogen-bond donors (Lipinski definition) is 2. The molecule has 2 aliphatic rings. The molecule has 1 atom stereocenters. The molecule has 1 aliphatic carbocycles. The van der Waals surface area contributed by atoms with Crippen LogP contribution >= 0.6 is 11.3 Å². The number of carbonyl (C=O) groups is 1. The largest absolute Gasteiger partial charge is 0.434 e. The summed E-state index contributed by atoms with van der Waals surface area (Å²) in [5.41, 5.74) is -0.839. The highest BCUT2D eigenvalue weighted by molar-refractivity contribution is 7.09. The summed E-state index contributed by atoms with van der Waals surface area (Å²) < 4.78 is 37.8. The normalized spacial score (nSPS) is 21.4. The number of alkyl halides is 3. The van der Waals surface area contributed by atoms with E-state index in [1.807, 2.05) is 4.90 Å². The average molecular weight is 432 g/mol. The maximum absolute atomic E-state index is 12.7. The first-order chi connectivity index (χ1) is 13.9. The lowest BCUT2D eigenvalue weighted by Gasteiger charge is -2.26. The zero-order chi connectivity index (χ0) is 20.9. The van der Waals surface area contributed by atoms with Crippen LogP contribution in [-0.2, 0) is 17.4 Å². The van der Waals surface area contributed by atoms with Crippen molar-refractivity contribution in [3.8, 4) is 0 Å². The number of hydrogen-bond acceptors (Lipinski definition) is 4. The topological polar surface area (TPSA) is 69.6 Å². The van der Waals surface area contributed by atoms with Crippen molar-refractivity contribution in [2.24, 2.45) is 10.9 Å². The Hall–Kier alpha value is -1.84. The molecule has 1 unspecified atom stereocenters. The number of likely N-dealkylation sites (tertiary alicyclic amines) is 1. The second-order valence-electron chi connectivity index (χ2n) is 7.62. The molecule has 0 bridgehead atoms. The Kier molecular flexibility index (Phi) is 7.37. The maximum Gasteiger partial charge on any atom is 0.434 e. The number of aliphatic imine (C=N–C) groups is 1. The molecule has 3 rings (SSSR count). The fraction of sp³-hybridized carbons (Fsp3) is 0.737. The van der Waals surface area contributed by atoms with E-state index in [4.69, 9.17) is 0 Å². The van der Waals surface area contributed by atoms with Gasteiger partial charge in [0.15, 0.2) is 11.7 Å². The van der Waals surface area contributed by atoms with Gasteiger partial charge >= 0.3 is 6.18 Å². The molecule has 0 spiro atoms. The molecule has 1 aromatic heterocycles. The fourth-order valence-corrected chi connectivity index (χ4v) is 4.72. The molecule has 2 fully saturated rings. The van der Waals surface area contributed by atoms with Crippen molar-refractivity contribution >= 4 is 23.2 Å². The van der Waals surface area contributed by atoms with Crippen molar-refractivity contribution in [3.05, 3.63) is 16.1 Å². The van der Waals surface area contributed by atoms with E-state index in [1.165, 1.54) is 6.42 Å². The number of thiazole rings is 1. The van der Waals surface area contributed by atoms with Crippen LogP contribution in [0.25, 0.3) is 0 Å². The predicted octanol–water partition coefficient (Wildman–Crippen LogP) is 3.05. The van der Waals surface area contributed by atoms with Crippen molar-refractivity contribution in [3.63, 3.8) is 0 Å². The number of rotatable bonds is 5. The Morgan fingerprint density at radius 1 is 1.31 bits per heavy atom. The van der Waals surface area contributed by atoms with Gasteiger partial charge < -0.3 is 15.5 Å². The summed E-state index contributed by atoms with van der Waals surface area (Å²) in [6.45, 7) is 1.85. The van der Waals surface area contributed by atoms with Crippen molar-refractivity contribution < 1.29 is 18.0 Å². The van der Waals surface area contributed by atoms with Gasteiger partial charge in [0.2, 0.25) is 5.91 Å². The Morgan fingerprint density at radius 3 is 2.72 bits per heavy atom. The summed E-state index contributed by atoms with van der Waals surface area (Å²) >= 11 is 1.01. The monoisotopic (exact) mass is 431 g/mol. The molecule has 2 heterocycles. The molecule has 1 amide bonds. The van der Waals surface area contributed by atoms with Crippen LogP contribution in [0.5, 0.6) is 0 Å². The maximum atomic E-state index is 12.7. The highest BCUT2D eigenvalue weighted by atomic mass is 32.1. The van der Waals surface area contributed by atoms with Crippen LogP contribution in [0.3, 0.4) is 0 Å². The minimum atomic E-state index is -4.40. The van der Waals surface area contributed by atoms with Gasteiger partial charge in [0.25, 0.3) is 0 Å². The van der Waals surface area contributed by atoms with Crippen molar-refractivity contribution in [2.45, 2.75) is 57.2 Å². The fourth-order valence-electron chi connectivity index (χ4n) is 3.92. The summed E-state index contributed by atoms with van der Waals surface area (Å²) in [5, 5.41) is 7.91. The second-order valence-corrected chi connectivity index (χ2v) is 8.57. The lowest BCUT2D eigenvalue weighted by atomic mass is 9.88.